The van der Waals surface area contributed by atoms with Gasteiger partial charge < -0.3 is 20.5 Å². The molecule has 0 saturated carbocycles. The number of carbonyl (C=O) groups excluding carboxylic acids is 1. The highest BCUT2D eigenvalue weighted by molar-refractivity contribution is 5.90. The van der Waals surface area contributed by atoms with Gasteiger partial charge in [0.05, 0.1) is 12.8 Å². The number of rotatable bonds is 8. The molecule has 3 N–H and O–H groups in total. The van der Waals surface area contributed by atoms with Crippen LogP contribution in [0.15, 0.2) is 18.2 Å². The standard InChI is InChI=1S/C17H28N2O3/c1-11(2)15(8-9-20)18-12(3)14-6-7-17(22-5)16(10-14)19-13(4)21/h6-7,10-12,15,18,20H,8-9H2,1-5H3,(H,19,21). The Balaban J connectivity index is 2.92. The van der Waals surface area contributed by atoms with Gasteiger partial charge >= 0.3 is 0 Å². The lowest BCUT2D eigenvalue weighted by Gasteiger charge is -2.26. The summed E-state index contributed by atoms with van der Waals surface area (Å²) in [5.41, 5.74) is 1.73. The normalized spacial score (nSPS) is 13.8. The minimum absolute atomic E-state index is 0.109. The Morgan fingerprint density at radius 1 is 1.32 bits per heavy atom. The van der Waals surface area contributed by atoms with E-state index < -0.39 is 0 Å². The van der Waals surface area contributed by atoms with E-state index in [2.05, 4.69) is 31.4 Å². The molecule has 5 heteroatoms. The zero-order valence-corrected chi connectivity index (χ0v) is 14.1. The summed E-state index contributed by atoms with van der Waals surface area (Å²) in [5.74, 6) is 0.945. The van der Waals surface area contributed by atoms with E-state index in [1.165, 1.54) is 6.92 Å². The maximum absolute atomic E-state index is 11.3. The van der Waals surface area contributed by atoms with Crippen molar-refractivity contribution in [2.75, 3.05) is 19.0 Å². The first-order chi connectivity index (χ1) is 10.4. The number of nitrogens with one attached hydrogen (secondary N) is 2. The van der Waals surface area contributed by atoms with Crippen molar-refractivity contribution in [3.63, 3.8) is 0 Å². The molecule has 1 amide bonds. The summed E-state index contributed by atoms with van der Waals surface area (Å²) in [6.07, 6.45) is 0.719. The second kappa shape index (κ2) is 8.76. The van der Waals surface area contributed by atoms with Crippen molar-refractivity contribution in [1.82, 2.24) is 5.32 Å². The van der Waals surface area contributed by atoms with Crippen molar-refractivity contribution >= 4 is 11.6 Å². The minimum atomic E-state index is -0.128. The van der Waals surface area contributed by atoms with Crippen LogP contribution in [-0.4, -0.2) is 30.8 Å². The van der Waals surface area contributed by atoms with E-state index in [9.17, 15) is 9.90 Å². The van der Waals surface area contributed by atoms with Gasteiger partial charge in [-0.05, 0) is 37.0 Å². The van der Waals surface area contributed by atoms with E-state index in [4.69, 9.17) is 4.74 Å². The molecule has 2 atom stereocenters. The van der Waals surface area contributed by atoms with E-state index in [0.717, 1.165) is 12.0 Å². The molecule has 1 aromatic carbocycles. The lowest BCUT2D eigenvalue weighted by atomic mass is 9.98. The summed E-state index contributed by atoms with van der Waals surface area (Å²) >= 11 is 0. The van der Waals surface area contributed by atoms with Crippen LogP contribution < -0.4 is 15.4 Å². The molecular formula is C17H28N2O3. The van der Waals surface area contributed by atoms with Crippen LogP contribution in [0.5, 0.6) is 5.75 Å². The van der Waals surface area contributed by atoms with Crippen LogP contribution in [0.2, 0.25) is 0 Å². The van der Waals surface area contributed by atoms with Gasteiger partial charge in [0, 0.05) is 25.6 Å². The van der Waals surface area contributed by atoms with Crippen LogP contribution in [0.3, 0.4) is 0 Å². The molecule has 2 unspecified atom stereocenters. The number of aliphatic hydroxyl groups excluding tert-OH is 1. The smallest absolute Gasteiger partial charge is 0.221 e. The van der Waals surface area contributed by atoms with Crippen molar-refractivity contribution in [2.24, 2.45) is 5.92 Å². The fraction of sp³-hybridized carbons (Fsp3) is 0.588. The summed E-state index contributed by atoms with van der Waals surface area (Å²) in [6.45, 7) is 7.99. The van der Waals surface area contributed by atoms with Crippen LogP contribution >= 0.6 is 0 Å². The van der Waals surface area contributed by atoms with Gasteiger partial charge in [-0.25, -0.2) is 0 Å². The first kappa shape index (κ1) is 18.5. The Morgan fingerprint density at radius 2 is 2.00 bits per heavy atom. The third-order valence-electron chi connectivity index (χ3n) is 3.74. The highest BCUT2D eigenvalue weighted by atomic mass is 16.5. The first-order valence-electron chi connectivity index (χ1n) is 7.71. The maximum Gasteiger partial charge on any atom is 0.221 e. The minimum Gasteiger partial charge on any atom is -0.495 e. The molecule has 0 aromatic heterocycles. The quantitative estimate of drug-likeness (QED) is 0.690. The van der Waals surface area contributed by atoms with E-state index in [-0.39, 0.29) is 24.6 Å². The average molecular weight is 308 g/mol. The van der Waals surface area contributed by atoms with Gasteiger partial charge in [0.15, 0.2) is 0 Å². The van der Waals surface area contributed by atoms with Crippen LogP contribution in [0.4, 0.5) is 5.69 Å². The number of amides is 1. The number of hydrogen-bond acceptors (Lipinski definition) is 4. The van der Waals surface area contributed by atoms with Gasteiger partial charge in [-0.15, -0.1) is 0 Å². The van der Waals surface area contributed by atoms with E-state index >= 15 is 0 Å². The molecule has 0 aliphatic heterocycles. The molecule has 0 aliphatic rings. The van der Waals surface area contributed by atoms with E-state index in [1.807, 2.05) is 18.2 Å². The van der Waals surface area contributed by atoms with Gasteiger partial charge in [0.2, 0.25) is 5.91 Å². The zero-order valence-electron chi connectivity index (χ0n) is 14.1. The van der Waals surface area contributed by atoms with Crippen molar-refractivity contribution in [3.05, 3.63) is 23.8 Å². The van der Waals surface area contributed by atoms with Crippen LogP contribution in [-0.2, 0) is 4.79 Å². The van der Waals surface area contributed by atoms with Crippen molar-refractivity contribution < 1.29 is 14.6 Å². The molecule has 0 radical (unpaired) electrons. The van der Waals surface area contributed by atoms with Crippen LogP contribution in [0, 0.1) is 5.92 Å². The number of aliphatic hydroxyl groups is 1. The third-order valence-corrected chi connectivity index (χ3v) is 3.74. The molecule has 0 saturated heterocycles. The Hall–Kier alpha value is -1.59. The number of hydrogen-bond donors (Lipinski definition) is 3. The van der Waals surface area contributed by atoms with Gasteiger partial charge in [-0.2, -0.15) is 0 Å². The predicted octanol–water partition coefficient (Wildman–Crippen LogP) is 2.71. The Bertz CT molecular complexity index is 489. The van der Waals surface area contributed by atoms with Crippen molar-refractivity contribution in [1.29, 1.82) is 0 Å². The monoisotopic (exact) mass is 308 g/mol. The summed E-state index contributed by atoms with van der Waals surface area (Å²) in [4.78, 5) is 11.3. The Morgan fingerprint density at radius 3 is 2.50 bits per heavy atom. The van der Waals surface area contributed by atoms with Crippen LogP contribution in [0.1, 0.15) is 45.7 Å². The number of carbonyl (C=O) groups is 1. The Labute approximate surface area is 133 Å². The molecule has 0 aliphatic carbocycles. The fourth-order valence-electron chi connectivity index (χ4n) is 2.45. The Kier molecular flexibility index (Phi) is 7.35. The SMILES string of the molecule is COc1ccc(C(C)NC(CCO)C(C)C)cc1NC(C)=O. The summed E-state index contributed by atoms with van der Waals surface area (Å²) < 4.78 is 5.27. The molecule has 5 nitrogen and oxygen atoms in total. The zero-order chi connectivity index (χ0) is 16.7. The summed E-state index contributed by atoms with van der Waals surface area (Å²) in [7, 11) is 1.58. The average Bonchev–Trinajstić information content (AvgIpc) is 2.45. The largest absolute Gasteiger partial charge is 0.495 e. The number of anilines is 1. The molecule has 1 rings (SSSR count). The predicted molar refractivity (Wildman–Crippen MR) is 89.2 cm³/mol. The number of methoxy groups -OCH3 is 1. The first-order valence-corrected chi connectivity index (χ1v) is 7.71. The lowest BCUT2D eigenvalue weighted by molar-refractivity contribution is -0.114. The van der Waals surface area contributed by atoms with Gasteiger partial charge in [-0.3, -0.25) is 4.79 Å². The fourth-order valence-corrected chi connectivity index (χ4v) is 2.45. The molecule has 22 heavy (non-hydrogen) atoms. The van der Waals surface area contributed by atoms with Crippen LogP contribution in [0.25, 0.3) is 0 Å². The maximum atomic E-state index is 11.3. The molecular weight excluding hydrogens is 280 g/mol. The molecule has 124 valence electrons. The van der Waals surface area contributed by atoms with Gasteiger partial charge in [0.1, 0.15) is 5.75 Å². The van der Waals surface area contributed by atoms with E-state index in [1.54, 1.807) is 7.11 Å². The van der Waals surface area contributed by atoms with Gasteiger partial charge in [0.25, 0.3) is 0 Å². The molecule has 1 aromatic rings. The highest BCUT2D eigenvalue weighted by Crippen LogP contribution is 2.28. The van der Waals surface area contributed by atoms with Gasteiger partial charge in [-0.1, -0.05) is 19.9 Å². The topological polar surface area (TPSA) is 70.6 Å². The highest BCUT2D eigenvalue weighted by Gasteiger charge is 2.17. The number of benzene rings is 1. The third kappa shape index (κ3) is 5.31. The summed E-state index contributed by atoms with van der Waals surface area (Å²) in [6, 6.07) is 6.12. The van der Waals surface area contributed by atoms with Crippen molar-refractivity contribution in [2.45, 2.75) is 46.2 Å². The second-order valence-electron chi connectivity index (χ2n) is 5.89. The molecule has 0 bridgehead atoms. The molecule has 0 fully saturated rings. The molecule has 0 spiro atoms. The number of ether oxygens (including phenoxy) is 1. The second-order valence-corrected chi connectivity index (χ2v) is 5.89. The molecule has 0 heterocycles. The van der Waals surface area contributed by atoms with E-state index in [0.29, 0.717) is 17.4 Å². The summed E-state index contributed by atoms with van der Waals surface area (Å²) in [5, 5.41) is 15.5. The van der Waals surface area contributed by atoms with Crippen molar-refractivity contribution in [3.8, 4) is 5.75 Å². The lowest BCUT2D eigenvalue weighted by Crippen LogP contribution is -2.36.